The SMILES string of the molecule is O=C(Nc1nccs1)C1CCCN1C(=O)C1CCN(C(=O)c2ccc(F)cc2F)CC1. The summed E-state index contributed by atoms with van der Waals surface area (Å²) in [5.41, 5.74) is -0.176. The van der Waals surface area contributed by atoms with Gasteiger partial charge in [-0.3, -0.25) is 14.4 Å². The van der Waals surface area contributed by atoms with Gasteiger partial charge in [0.05, 0.1) is 5.56 Å². The molecule has 31 heavy (non-hydrogen) atoms. The van der Waals surface area contributed by atoms with Gasteiger partial charge in [-0.15, -0.1) is 11.3 Å². The summed E-state index contributed by atoms with van der Waals surface area (Å²) in [6.07, 6.45) is 3.83. The predicted molar refractivity (Wildman–Crippen MR) is 110 cm³/mol. The van der Waals surface area contributed by atoms with Crippen molar-refractivity contribution in [2.24, 2.45) is 5.92 Å². The van der Waals surface area contributed by atoms with Crippen LogP contribution in [0.1, 0.15) is 36.0 Å². The van der Waals surface area contributed by atoms with Crippen LogP contribution in [-0.2, 0) is 9.59 Å². The van der Waals surface area contributed by atoms with E-state index in [0.717, 1.165) is 18.6 Å². The molecule has 1 atom stereocenters. The number of thiazole rings is 1. The largest absolute Gasteiger partial charge is 0.339 e. The summed E-state index contributed by atoms with van der Waals surface area (Å²) >= 11 is 1.32. The number of piperidine rings is 1. The lowest BCUT2D eigenvalue weighted by atomic mass is 9.94. The monoisotopic (exact) mass is 448 g/mol. The molecule has 2 aliphatic rings. The van der Waals surface area contributed by atoms with Crippen molar-refractivity contribution in [2.45, 2.75) is 31.7 Å². The van der Waals surface area contributed by atoms with Gasteiger partial charge < -0.3 is 15.1 Å². The quantitative estimate of drug-likeness (QED) is 0.780. The first-order valence-electron chi connectivity index (χ1n) is 10.2. The van der Waals surface area contributed by atoms with Crippen molar-refractivity contribution in [3.8, 4) is 0 Å². The van der Waals surface area contributed by atoms with E-state index in [9.17, 15) is 23.2 Å². The Kier molecular flexibility index (Phi) is 6.26. The van der Waals surface area contributed by atoms with E-state index in [4.69, 9.17) is 0 Å². The summed E-state index contributed by atoms with van der Waals surface area (Å²) in [6, 6.07) is 2.36. The minimum Gasteiger partial charge on any atom is -0.339 e. The smallest absolute Gasteiger partial charge is 0.256 e. The van der Waals surface area contributed by atoms with Gasteiger partial charge in [0.2, 0.25) is 11.8 Å². The second kappa shape index (κ2) is 9.09. The summed E-state index contributed by atoms with van der Waals surface area (Å²) in [5.74, 6) is -2.76. The number of nitrogens with zero attached hydrogens (tertiary/aromatic N) is 3. The standard InChI is InChI=1S/C21H22F2N4O3S/c22-14-3-4-15(16(23)12-14)20(30)26-9-5-13(6-10-26)19(29)27-8-1-2-17(27)18(28)25-21-24-7-11-31-21/h3-4,7,11-13,17H,1-2,5-6,8-10H2,(H,24,25,28). The van der Waals surface area contributed by atoms with Crippen LogP contribution in [0, 0.1) is 17.6 Å². The molecule has 0 radical (unpaired) electrons. The van der Waals surface area contributed by atoms with Crippen LogP contribution in [0.4, 0.5) is 13.9 Å². The Balaban J connectivity index is 1.35. The Labute approximate surface area is 182 Å². The third kappa shape index (κ3) is 4.58. The van der Waals surface area contributed by atoms with Gasteiger partial charge in [0.1, 0.15) is 17.7 Å². The summed E-state index contributed by atoms with van der Waals surface area (Å²) in [6.45, 7) is 1.13. The molecule has 2 fully saturated rings. The fraction of sp³-hybridized carbons (Fsp3) is 0.429. The van der Waals surface area contributed by atoms with Gasteiger partial charge in [-0.25, -0.2) is 13.8 Å². The van der Waals surface area contributed by atoms with Crippen molar-refractivity contribution >= 4 is 34.2 Å². The van der Waals surface area contributed by atoms with Crippen LogP contribution in [0.25, 0.3) is 0 Å². The third-order valence-electron chi connectivity index (χ3n) is 5.79. The third-order valence-corrected chi connectivity index (χ3v) is 6.48. The summed E-state index contributed by atoms with van der Waals surface area (Å²) in [5, 5.41) is 5.03. The minimum atomic E-state index is -0.894. The van der Waals surface area contributed by atoms with Gasteiger partial charge in [-0.2, -0.15) is 0 Å². The summed E-state index contributed by atoms with van der Waals surface area (Å²) in [7, 11) is 0. The molecule has 2 aliphatic heterocycles. The number of nitrogens with one attached hydrogen (secondary N) is 1. The minimum absolute atomic E-state index is 0.0862. The molecule has 2 aromatic rings. The molecule has 0 saturated carbocycles. The molecule has 164 valence electrons. The zero-order valence-electron chi connectivity index (χ0n) is 16.7. The molecular weight excluding hydrogens is 426 g/mol. The van der Waals surface area contributed by atoms with E-state index >= 15 is 0 Å². The Morgan fingerprint density at radius 3 is 2.55 bits per heavy atom. The highest BCUT2D eigenvalue weighted by Gasteiger charge is 2.38. The lowest BCUT2D eigenvalue weighted by molar-refractivity contribution is -0.141. The number of carbonyl (C=O) groups excluding carboxylic acids is 3. The molecule has 0 aliphatic carbocycles. The van der Waals surface area contributed by atoms with Crippen molar-refractivity contribution < 1.29 is 23.2 Å². The number of hydrogen-bond acceptors (Lipinski definition) is 5. The van der Waals surface area contributed by atoms with E-state index in [1.165, 1.54) is 16.2 Å². The number of halogens is 2. The van der Waals surface area contributed by atoms with Crippen LogP contribution in [0.3, 0.4) is 0 Å². The van der Waals surface area contributed by atoms with E-state index in [2.05, 4.69) is 10.3 Å². The van der Waals surface area contributed by atoms with Gasteiger partial charge in [-0.1, -0.05) is 0 Å². The Morgan fingerprint density at radius 1 is 1.10 bits per heavy atom. The molecule has 2 saturated heterocycles. The van der Waals surface area contributed by atoms with Crippen LogP contribution in [-0.4, -0.2) is 58.2 Å². The molecule has 1 aromatic heterocycles. The molecule has 3 heterocycles. The number of anilines is 1. The maximum Gasteiger partial charge on any atom is 0.256 e. The lowest BCUT2D eigenvalue weighted by Gasteiger charge is -2.34. The van der Waals surface area contributed by atoms with Crippen LogP contribution in [0.5, 0.6) is 0 Å². The topological polar surface area (TPSA) is 82.6 Å². The highest BCUT2D eigenvalue weighted by atomic mass is 32.1. The fourth-order valence-corrected chi connectivity index (χ4v) is 4.71. The van der Waals surface area contributed by atoms with Crippen molar-refractivity contribution in [2.75, 3.05) is 25.0 Å². The molecule has 1 N–H and O–H groups in total. The second-order valence-electron chi connectivity index (χ2n) is 7.71. The predicted octanol–water partition coefficient (Wildman–Crippen LogP) is 2.90. The van der Waals surface area contributed by atoms with E-state index in [1.807, 2.05) is 0 Å². The van der Waals surface area contributed by atoms with Gasteiger partial charge in [0.25, 0.3) is 5.91 Å². The van der Waals surface area contributed by atoms with Gasteiger partial charge in [-0.05, 0) is 37.8 Å². The molecule has 0 bridgehead atoms. The van der Waals surface area contributed by atoms with Crippen LogP contribution >= 0.6 is 11.3 Å². The second-order valence-corrected chi connectivity index (χ2v) is 8.60. The van der Waals surface area contributed by atoms with Crippen molar-refractivity contribution in [3.05, 3.63) is 47.0 Å². The van der Waals surface area contributed by atoms with Crippen molar-refractivity contribution in [3.63, 3.8) is 0 Å². The first-order valence-corrected chi connectivity index (χ1v) is 11.1. The van der Waals surface area contributed by atoms with Gasteiger partial charge >= 0.3 is 0 Å². The molecule has 1 aromatic carbocycles. The molecule has 10 heteroatoms. The van der Waals surface area contributed by atoms with Crippen LogP contribution < -0.4 is 5.32 Å². The van der Waals surface area contributed by atoms with Crippen LogP contribution in [0.15, 0.2) is 29.8 Å². The Hall–Kier alpha value is -2.88. The number of amides is 3. The summed E-state index contributed by atoms with van der Waals surface area (Å²) in [4.78, 5) is 45.4. The zero-order chi connectivity index (χ0) is 22.0. The Bertz CT molecular complexity index is 977. The number of benzene rings is 1. The molecule has 7 nitrogen and oxygen atoms in total. The van der Waals surface area contributed by atoms with Crippen molar-refractivity contribution in [1.82, 2.24) is 14.8 Å². The molecular formula is C21H22F2N4O3S. The fourth-order valence-electron chi connectivity index (χ4n) is 4.17. The van der Waals surface area contributed by atoms with E-state index in [1.54, 1.807) is 16.5 Å². The normalized spacial score (nSPS) is 19.5. The number of likely N-dealkylation sites (tertiary alicyclic amines) is 2. The first kappa shape index (κ1) is 21.4. The maximum atomic E-state index is 13.9. The maximum absolute atomic E-state index is 13.9. The first-order chi connectivity index (χ1) is 14.9. The van der Waals surface area contributed by atoms with Gasteiger partial charge in [0, 0.05) is 43.2 Å². The van der Waals surface area contributed by atoms with E-state index in [-0.39, 0.29) is 23.3 Å². The molecule has 0 spiro atoms. The average molecular weight is 448 g/mol. The zero-order valence-corrected chi connectivity index (χ0v) is 17.5. The van der Waals surface area contributed by atoms with E-state index in [0.29, 0.717) is 50.1 Å². The number of carbonyl (C=O) groups is 3. The number of rotatable bonds is 4. The lowest BCUT2D eigenvalue weighted by Crippen LogP contribution is -2.48. The summed E-state index contributed by atoms with van der Waals surface area (Å²) < 4.78 is 27.0. The van der Waals surface area contributed by atoms with Crippen LogP contribution in [0.2, 0.25) is 0 Å². The average Bonchev–Trinajstić information content (AvgIpc) is 3.45. The molecule has 4 rings (SSSR count). The van der Waals surface area contributed by atoms with E-state index < -0.39 is 23.6 Å². The Morgan fingerprint density at radius 2 is 1.87 bits per heavy atom. The highest BCUT2D eigenvalue weighted by molar-refractivity contribution is 7.13. The molecule has 3 amide bonds. The van der Waals surface area contributed by atoms with Gasteiger partial charge in [0.15, 0.2) is 5.13 Å². The molecule has 1 unspecified atom stereocenters. The number of aromatic nitrogens is 1. The van der Waals surface area contributed by atoms with Crippen molar-refractivity contribution in [1.29, 1.82) is 0 Å². The highest BCUT2D eigenvalue weighted by Crippen LogP contribution is 2.27. The number of hydrogen-bond donors (Lipinski definition) is 1.